The molecular formula is C17H16FNS. The topological polar surface area (TPSA) is 23.8 Å². The molecule has 0 saturated heterocycles. The van der Waals surface area contributed by atoms with Gasteiger partial charge in [-0.2, -0.15) is 17.0 Å². The van der Waals surface area contributed by atoms with Gasteiger partial charge in [-0.05, 0) is 37.1 Å². The van der Waals surface area contributed by atoms with Crippen molar-refractivity contribution in [3.8, 4) is 6.07 Å². The maximum Gasteiger partial charge on any atom is 0.140 e. The Kier molecular flexibility index (Phi) is 4.81. The van der Waals surface area contributed by atoms with Gasteiger partial charge in [0.15, 0.2) is 0 Å². The predicted molar refractivity (Wildman–Crippen MR) is 82.0 cm³/mol. The molecule has 0 N–H and O–H groups in total. The van der Waals surface area contributed by atoms with Gasteiger partial charge in [0.1, 0.15) is 11.9 Å². The first-order valence-electron chi connectivity index (χ1n) is 6.42. The molecule has 0 spiro atoms. The third-order valence-corrected chi connectivity index (χ3v) is 4.05. The van der Waals surface area contributed by atoms with Crippen LogP contribution >= 0.6 is 11.8 Å². The average Bonchev–Trinajstić information content (AvgIpc) is 2.39. The number of nitrogens with zero attached hydrogens (tertiary/aromatic N) is 1. The minimum Gasteiger partial charge on any atom is -0.206 e. The molecule has 0 aliphatic heterocycles. The molecular weight excluding hydrogens is 269 g/mol. The van der Waals surface area contributed by atoms with E-state index in [1.807, 2.05) is 6.07 Å². The number of benzene rings is 2. The van der Waals surface area contributed by atoms with Crippen molar-refractivity contribution in [1.29, 1.82) is 5.26 Å². The summed E-state index contributed by atoms with van der Waals surface area (Å²) >= 11 is 1.77. The van der Waals surface area contributed by atoms with Crippen LogP contribution in [0.15, 0.2) is 36.4 Å². The van der Waals surface area contributed by atoms with Crippen molar-refractivity contribution in [2.45, 2.75) is 25.4 Å². The fraction of sp³-hybridized carbons (Fsp3) is 0.235. The zero-order valence-corrected chi connectivity index (χ0v) is 12.4. The first kappa shape index (κ1) is 14.6. The van der Waals surface area contributed by atoms with Crippen LogP contribution in [0, 0.1) is 31.0 Å². The van der Waals surface area contributed by atoms with Crippen LogP contribution in [0.5, 0.6) is 0 Å². The summed E-state index contributed by atoms with van der Waals surface area (Å²) in [6.45, 7) is 4.20. The zero-order valence-electron chi connectivity index (χ0n) is 11.6. The van der Waals surface area contributed by atoms with Gasteiger partial charge >= 0.3 is 0 Å². The lowest BCUT2D eigenvalue weighted by atomic mass is 10.1. The molecule has 2 aromatic rings. The van der Waals surface area contributed by atoms with Crippen molar-refractivity contribution >= 4 is 11.8 Å². The Bertz CT molecular complexity index is 638. The third-order valence-electron chi connectivity index (χ3n) is 2.97. The molecule has 0 unspecified atom stereocenters. The lowest BCUT2D eigenvalue weighted by molar-refractivity contribution is 0.623. The van der Waals surface area contributed by atoms with Crippen molar-refractivity contribution in [1.82, 2.24) is 0 Å². The Morgan fingerprint density at radius 2 is 1.65 bits per heavy atom. The van der Waals surface area contributed by atoms with Gasteiger partial charge in [0.05, 0.1) is 5.56 Å². The summed E-state index contributed by atoms with van der Waals surface area (Å²) in [6, 6.07) is 13.1. The van der Waals surface area contributed by atoms with E-state index < -0.39 is 5.82 Å². The van der Waals surface area contributed by atoms with Crippen molar-refractivity contribution in [3.05, 3.63) is 70.0 Å². The Balaban J connectivity index is 1.98. The van der Waals surface area contributed by atoms with Crippen molar-refractivity contribution in [3.63, 3.8) is 0 Å². The smallest absolute Gasteiger partial charge is 0.140 e. The van der Waals surface area contributed by atoms with Gasteiger partial charge in [-0.25, -0.2) is 4.39 Å². The molecule has 0 fully saturated rings. The van der Waals surface area contributed by atoms with Gasteiger partial charge in [0, 0.05) is 11.5 Å². The number of rotatable bonds is 4. The number of aryl methyl sites for hydroxylation is 2. The van der Waals surface area contributed by atoms with Crippen LogP contribution in [0.4, 0.5) is 4.39 Å². The highest BCUT2D eigenvalue weighted by molar-refractivity contribution is 7.97. The second kappa shape index (κ2) is 6.58. The summed E-state index contributed by atoms with van der Waals surface area (Å²) in [6.07, 6.45) is 0. The normalized spacial score (nSPS) is 10.3. The molecule has 0 radical (unpaired) electrons. The predicted octanol–water partition coefficient (Wildman–Crippen LogP) is 4.75. The van der Waals surface area contributed by atoms with E-state index in [1.165, 1.54) is 22.8 Å². The minimum absolute atomic E-state index is 0.120. The second-order valence-electron chi connectivity index (χ2n) is 4.91. The van der Waals surface area contributed by atoms with E-state index >= 15 is 0 Å². The summed E-state index contributed by atoms with van der Waals surface area (Å²) in [7, 11) is 0. The standard InChI is InChI=1S/C17H16FNS/c1-12-5-13(2)7-15(6-12)11-20-10-14-3-4-17(18)16(8-14)9-19/h3-8H,10-11H2,1-2H3. The average molecular weight is 285 g/mol. The Hall–Kier alpha value is -1.79. The Morgan fingerprint density at radius 3 is 2.30 bits per heavy atom. The molecule has 2 aromatic carbocycles. The fourth-order valence-electron chi connectivity index (χ4n) is 2.19. The Morgan fingerprint density at radius 1 is 1.00 bits per heavy atom. The SMILES string of the molecule is Cc1cc(C)cc(CSCc2ccc(F)c(C#N)c2)c1. The molecule has 0 aliphatic carbocycles. The minimum atomic E-state index is -0.449. The second-order valence-corrected chi connectivity index (χ2v) is 5.90. The number of nitriles is 1. The van der Waals surface area contributed by atoms with E-state index in [0.29, 0.717) is 0 Å². The van der Waals surface area contributed by atoms with Crippen LogP contribution in [-0.4, -0.2) is 0 Å². The lowest BCUT2D eigenvalue weighted by Crippen LogP contribution is -1.89. The highest BCUT2D eigenvalue weighted by Crippen LogP contribution is 2.21. The Labute approximate surface area is 123 Å². The molecule has 20 heavy (non-hydrogen) atoms. The van der Waals surface area contributed by atoms with Crippen molar-refractivity contribution in [2.24, 2.45) is 0 Å². The molecule has 0 heterocycles. The van der Waals surface area contributed by atoms with Gasteiger partial charge < -0.3 is 0 Å². The van der Waals surface area contributed by atoms with Gasteiger partial charge in [0.2, 0.25) is 0 Å². The molecule has 0 saturated carbocycles. The van der Waals surface area contributed by atoms with E-state index in [-0.39, 0.29) is 5.56 Å². The highest BCUT2D eigenvalue weighted by Gasteiger charge is 2.03. The molecule has 0 amide bonds. The molecule has 0 atom stereocenters. The van der Waals surface area contributed by atoms with Gasteiger partial charge in [-0.3, -0.25) is 0 Å². The van der Waals surface area contributed by atoms with Crippen LogP contribution in [-0.2, 0) is 11.5 Å². The number of hydrogen-bond acceptors (Lipinski definition) is 2. The van der Waals surface area contributed by atoms with Crippen LogP contribution in [0.2, 0.25) is 0 Å². The first-order chi connectivity index (χ1) is 9.58. The molecule has 0 aromatic heterocycles. The van der Waals surface area contributed by atoms with Crippen LogP contribution in [0.25, 0.3) is 0 Å². The summed E-state index contributed by atoms with van der Waals surface area (Å²) in [5, 5.41) is 8.81. The molecule has 3 heteroatoms. The molecule has 0 bridgehead atoms. The van der Waals surface area contributed by atoms with Crippen molar-refractivity contribution < 1.29 is 4.39 Å². The van der Waals surface area contributed by atoms with Crippen LogP contribution < -0.4 is 0 Å². The monoisotopic (exact) mass is 285 g/mol. The van der Waals surface area contributed by atoms with Crippen LogP contribution in [0.1, 0.15) is 27.8 Å². The van der Waals surface area contributed by atoms with Crippen LogP contribution in [0.3, 0.4) is 0 Å². The van der Waals surface area contributed by atoms with E-state index in [1.54, 1.807) is 23.9 Å². The number of thioether (sulfide) groups is 1. The summed E-state index contributed by atoms with van der Waals surface area (Å²) < 4.78 is 13.2. The summed E-state index contributed by atoms with van der Waals surface area (Å²) in [5.41, 5.74) is 4.95. The molecule has 0 aliphatic rings. The summed E-state index contributed by atoms with van der Waals surface area (Å²) in [5.74, 6) is 1.25. The van der Waals surface area contributed by atoms with Gasteiger partial charge in [-0.1, -0.05) is 35.4 Å². The maximum atomic E-state index is 13.2. The highest BCUT2D eigenvalue weighted by atomic mass is 32.2. The van der Waals surface area contributed by atoms with E-state index in [2.05, 4.69) is 32.0 Å². The quantitative estimate of drug-likeness (QED) is 0.809. The van der Waals surface area contributed by atoms with E-state index in [0.717, 1.165) is 17.1 Å². The van der Waals surface area contributed by atoms with Gasteiger partial charge in [-0.15, -0.1) is 0 Å². The molecule has 102 valence electrons. The van der Waals surface area contributed by atoms with Crippen molar-refractivity contribution in [2.75, 3.05) is 0 Å². The molecule has 2 rings (SSSR count). The van der Waals surface area contributed by atoms with Gasteiger partial charge in [0.25, 0.3) is 0 Å². The maximum absolute atomic E-state index is 13.2. The summed E-state index contributed by atoms with van der Waals surface area (Å²) in [4.78, 5) is 0. The van der Waals surface area contributed by atoms with E-state index in [4.69, 9.17) is 5.26 Å². The lowest BCUT2D eigenvalue weighted by Gasteiger charge is -2.06. The third kappa shape index (κ3) is 3.85. The zero-order chi connectivity index (χ0) is 14.5. The number of hydrogen-bond donors (Lipinski definition) is 0. The largest absolute Gasteiger partial charge is 0.206 e. The molecule has 1 nitrogen and oxygen atoms in total. The van der Waals surface area contributed by atoms with E-state index in [9.17, 15) is 4.39 Å². The fourth-order valence-corrected chi connectivity index (χ4v) is 3.11. The number of halogens is 1. The first-order valence-corrected chi connectivity index (χ1v) is 7.57.